The Morgan fingerprint density at radius 2 is 2.14 bits per heavy atom. The van der Waals surface area contributed by atoms with Crippen molar-refractivity contribution in [3.63, 3.8) is 0 Å². The second-order valence-corrected chi connectivity index (χ2v) is 6.74. The molecule has 1 aliphatic carbocycles. The van der Waals surface area contributed by atoms with Crippen LogP contribution < -0.4 is 5.73 Å². The summed E-state index contributed by atoms with van der Waals surface area (Å²) in [5.74, 6) is 1.87. The number of nitrogens with zero attached hydrogens (tertiary/aromatic N) is 3. The van der Waals surface area contributed by atoms with E-state index in [1.165, 1.54) is 6.42 Å². The molecule has 0 aliphatic heterocycles. The highest BCUT2D eigenvalue weighted by molar-refractivity contribution is 9.10. The summed E-state index contributed by atoms with van der Waals surface area (Å²) in [5, 5.41) is 4.06. The molecule has 0 unspecified atom stereocenters. The highest BCUT2D eigenvalue weighted by Crippen LogP contribution is 2.38. The number of hydrogen-bond donors (Lipinski definition) is 1. The third-order valence-electron chi connectivity index (χ3n) is 4.39. The summed E-state index contributed by atoms with van der Waals surface area (Å²) in [7, 11) is 0. The second-order valence-electron chi connectivity index (χ2n) is 5.82. The monoisotopic (exact) mass is 350 g/mol. The first-order chi connectivity index (χ1) is 10.1. The van der Waals surface area contributed by atoms with Gasteiger partial charge >= 0.3 is 0 Å². The van der Waals surface area contributed by atoms with Gasteiger partial charge in [0.1, 0.15) is 0 Å². The Morgan fingerprint density at radius 1 is 1.38 bits per heavy atom. The quantitative estimate of drug-likeness (QED) is 0.913. The van der Waals surface area contributed by atoms with Crippen molar-refractivity contribution < 1.29 is 4.52 Å². The van der Waals surface area contributed by atoms with E-state index in [0.29, 0.717) is 11.7 Å². The maximum atomic E-state index is 6.50. The average molecular weight is 351 g/mol. The fourth-order valence-electron chi connectivity index (χ4n) is 2.89. The zero-order valence-electron chi connectivity index (χ0n) is 12.1. The molecule has 0 spiro atoms. The molecule has 0 saturated heterocycles. The molecule has 2 N–H and O–H groups in total. The minimum Gasteiger partial charge on any atom is -0.337 e. The summed E-state index contributed by atoms with van der Waals surface area (Å²) in [5.41, 5.74) is 6.85. The first-order valence-corrected chi connectivity index (χ1v) is 8.14. The normalized spacial score (nSPS) is 26.0. The van der Waals surface area contributed by atoms with E-state index in [-0.39, 0.29) is 0 Å². The van der Waals surface area contributed by atoms with Crippen LogP contribution in [0.25, 0.3) is 11.4 Å². The van der Waals surface area contributed by atoms with Gasteiger partial charge in [0.15, 0.2) is 0 Å². The van der Waals surface area contributed by atoms with E-state index in [4.69, 9.17) is 10.3 Å². The van der Waals surface area contributed by atoms with Gasteiger partial charge in [0.05, 0.1) is 5.54 Å². The number of pyridine rings is 1. The van der Waals surface area contributed by atoms with Crippen LogP contribution in [0.1, 0.15) is 44.9 Å². The van der Waals surface area contributed by atoms with Crippen LogP contribution in [0.3, 0.4) is 0 Å². The van der Waals surface area contributed by atoms with Gasteiger partial charge in [-0.2, -0.15) is 4.98 Å². The summed E-state index contributed by atoms with van der Waals surface area (Å²) in [4.78, 5) is 8.63. The molecule has 1 fully saturated rings. The predicted octanol–water partition coefficient (Wildman–Crippen LogP) is 3.65. The van der Waals surface area contributed by atoms with Crippen LogP contribution in [0.15, 0.2) is 27.5 Å². The fourth-order valence-corrected chi connectivity index (χ4v) is 3.26. The van der Waals surface area contributed by atoms with Gasteiger partial charge < -0.3 is 10.3 Å². The molecule has 0 atom stereocenters. The number of rotatable bonds is 3. The molecule has 0 bridgehead atoms. The molecule has 0 amide bonds. The highest BCUT2D eigenvalue weighted by atomic mass is 79.9. The van der Waals surface area contributed by atoms with Crippen molar-refractivity contribution in [3.05, 3.63) is 28.8 Å². The maximum absolute atomic E-state index is 6.50. The van der Waals surface area contributed by atoms with E-state index in [1.807, 2.05) is 6.07 Å². The third-order valence-corrected chi connectivity index (χ3v) is 4.82. The van der Waals surface area contributed by atoms with Crippen LogP contribution in [-0.4, -0.2) is 15.1 Å². The van der Waals surface area contributed by atoms with Gasteiger partial charge in [-0.3, -0.25) is 4.98 Å². The van der Waals surface area contributed by atoms with Crippen molar-refractivity contribution in [3.8, 4) is 11.4 Å². The van der Waals surface area contributed by atoms with Crippen molar-refractivity contribution in [2.75, 3.05) is 0 Å². The lowest BCUT2D eigenvalue weighted by Gasteiger charge is -2.33. The number of nitrogens with two attached hydrogens (primary N) is 1. The summed E-state index contributed by atoms with van der Waals surface area (Å²) in [6.07, 6.45) is 8.73. The SMILES string of the molecule is CCC1CCC(N)(c2nc(-c3cncc(Br)c3)no2)CC1. The van der Waals surface area contributed by atoms with Crippen molar-refractivity contribution in [2.24, 2.45) is 11.7 Å². The van der Waals surface area contributed by atoms with Crippen LogP contribution >= 0.6 is 15.9 Å². The Morgan fingerprint density at radius 3 is 2.81 bits per heavy atom. The number of aromatic nitrogens is 3. The highest BCUT2D eigenvalue weighted by Gasteiger charge is 2.37. The first-order valence-electron chi connectivity index (χ1n) is 7.35. The average Bonchev–Trinajstić information content (AvgIpc) is 2.99. The second kappa shape index (κ2) is 5.85. The molecule has 0 radical (unpaired) electrons. The maximum Gasteiger partial charge on any atom is 0.247 e. The van der Waals surface area contributed by atoms with E-state index in [1.54, 1.807) is 12.4 Å². The number of hydrogen-bond acceptors (Lipinski definition) is 5. The lowest BCUT2D eigenvalue weighted by atomic mass is 9.76. The predicted molar refractivity (Wildman–Crippen MR) is 83.3 cm³/mol. The molecule has 1 aliphatic rings. The Bertz CT molecular complexity index is 620. The van der Waals surface area contributed by atoms with Crippen molar-refractivity contribution in [2.45, 2.75) is 44.6 Å². The van der Waals surface area contributed by atoms with Gasteiger partial charge in [0, 0.05) is 22.4 Å². The molecule has 2 aromatic heterocycles. The molecular formula is C15H19BrN4O. The van der Waals surface area contributed by atoms with Crippen LogP contribution in [0.5, 0.6) is 0 Å². The van der Waals surface area contributed by atoms with Crippen molar-refractivity contribution in [1.29, 1.82) is 0 Å². The van der Waals surface area contributed by atoms with Crippen molar-refractivity contribution >= 4 is 15.9 Å². The van der Waals surface area contributed by atoms with E-state index >= 15 is 0 Å². The minimum atomic E-state index is -0.476. The summed E-state index contributed by atoms with van der Waals surface area (Å²) >= 11 is 3.39. The summed E-state index contributed by atoms with van der Waals surface area (Å²) < 4.78 is 6.33. The smallest absolute Gasteiger partial charge is 0.247 e. The van der Waals surface area contributed by atoms with Gasteiger partial charge in [0.2, 0.25) is 11.7 Å². The fraction of sp³-hybridized carbons (Fsp3) is 0.533. The number of halogens is 1. The Balaban J connectivity index is 1.82. The van der Waals surface area contributed by atoms with Crippen LogP contribution in [0.4, 0.5) is 0 Å². The molecular weight excluding hydrogens is 332 g/mol. The van der Waals surface area contributed by atoms with E-state index in [0.717, 1.165) is 41.6 Å². The topological polar surface area (TPSA) is 77.8 Å². The van der Waals surface area contributed by atoms with E-state index in [2.05, 4.69) is 38.0 Å². The standard InChI is InChI=1S/C15H19BrN4O/c1-2-10-3-5-15(17,6-4-10)14-19-13(20-21-14)11-7-12(16)9-18-8-11/h7-10H,2-6,17H2,1H3. The van der Waals surface area contributed by atoms with Crippen LogP contribution in [0.2, 0.25) is 0 Å². The largest absolute Gasteiger partial charge is 0.337 e. The van der Waals surface area contributed by atoms with Gasteiger partial charge in [0.25, 0.3) is 0 Å². The lowest BCUT2D eigenvalue weighted by molar-refractivity contribution is 0.181. The van der Waals surface area contributed by atoms with Gasteiger partial charge in [-0.15, -0.1) is 0 Å². The Kier molecular flexibility index (Phi) is 4.08. The van der Waals surface area contributed by atoms with Crippen LogP contribution in [0, 0.1) is 5.92 Å². The Hall–Kier alpha value is -1.27. The summed E-state index contributed by atoms with van der Waals surface area (Å²) in [6.45, 7) is 2.24. The third kappa shape index (κ3) is 3.01. The molecule has 21 heavy (non-hydrogen) atoms. The van der Waals surface area contributed by atoms with Gasteiger partial charge in [-0.25, -0.2) is 0 Å². The van der Waals surface area contributed by atoms with E-state index in [9.17, 15) is 0 Å². The van der Waals surface area contributed by atoms with Gasteiger partial charge in [-0.1, -0.05) is 18.5 Å². The molecule has 5 nitrogen and oxygen atoms in total. The van der Waals surface area contributed by atoms with Gasteiger partial charge in [-0.05, 0) is 53.6 Å². The molecule has 2 heterocycles. The molecule has 6 heteroatoms. The zero-order chi connectivity index (χ0) is 14.9. The molecule has 0 aromatic carbocycles. The summed E-state index contributed by atoms with van der Waals surface area (Å²) in [6, 6.07) is 1.92. The van der Waals surface area contributed by atoms with E-state index < -0.39 is 5.54 Å². The lowest BCUT2D eigenvalue weighted by Crippen LogP contribution is -2.40. The zero-order valence-corrected chi connectivity index (χ0v) is 13.6. The van der Waals surface area contributed by atoms with Crippen LogP contribution in [-0.2, 0) is 5.54 Å². The minimum absolute atomic E-state index is 0.476. The Labute approximate surface area is 132 Å². The van der Waals surface area contributed by atoms with Crippen molar-refractivity contribution in [1.82, 2.24) is 15.1 Å². The molecule has 1 saturated carbocycles. The molecule has 3 rings (SSSR count). The first kappa shape index (κ1) is 14.7. The molecule has 112 valence electrons. The molecule has 2 aromatic rings.